The Hall–Kier alpha value is -3.88. The van der Waals surface area contributed by atoms with Crippen molar-refractivity contribution >= 4 is 23.4 Å². The van der Waals surface area contributed by atoms with Crippen LogP contribution in [0.2, 0.25) is 0 Å². The van der Waals surface area contributed by atoms with Crippen LogP contribution in [0.15, 0.2) is 43.0 Å². The van der Waals surface area contributed by atoms with Crippen LogP contribution < -0.4 is 15.0 Å². The second-order valence-electron chi connectivity index (χ2n) is 7.38. The molecule has 3 heterocycles. The Bertz CT molecular complexity index is 1130. The van der Waals surface area contributed by atoms with Gasteiger partial charge in [-0.3, -0.25) is 9.69 Å². The largest absolute Gasteiger partial charge is 0.414 e. The number of rotatable bonds is 3. The summed E-state index contributed by atoms with van der Waals surface area (Å²) in [6.07, 6.45) is 5.75. The number of hydrogen-bond donors (Lipinski definition) is 1. The Balaban J connectivity index is 1.75. The molecule has 2 aromatic heterocycles. The van der Waals surface area contributed by atoms with Gasteiger partial charge in [0.25, 0.3) is 0 Å². The maximum absolute atomic E-state index is 13.2. The Labute approximate surface area is 173 Å². The molecule has 1 aliphatic rings. The number of anilines is 2. The van der Waals surface area contributed by atoms with E-state index in [1.165, 1.54) is 19.4 Å². The predicted molar refractivity (Wildman–Crippen MR) is 109 cm³/mol. The average molecular weight is 404 g/mol. The lowest BCUT2D eigenvalue weighted by Gasteiger charge is -2.20. The summed E-state index contributed by atoms with van der Waals surface area (Å²) in [6.45, 7) is 5.59. The molecule has 0 fully saturated rings. The van der Waals surface area contributed by atoms with Crippen LogP contribution in [0.3, 0.4) is 0 Å². The monoisotopic (exact) mass is 404 g/mol. The maximum atomic E-state index is 13.2. The zero-order valence-electron chi connectivity index (χ0n) is 17.0. The molecule has 2 amide bonds. The second-order valence-corrected chi connectivity index (χ2v) is 7.38. The van der Waals surface area contributed by atoms with Crippen molar-refractivity contribution in [2.75, 3.05) is 11.9 Å². The number of aromatic nitrogens is 4. The molecule has 1 N–H and O–H groups in total. The molecule has 1 aliphatic heterocycles. The van der Waals surface area contributed by atoms with Crippen LogP contribution in [0.4, 0.5) is 16.2 Å². The van der Waals surface area contributed by atoms with Crippen LogP contribution in [0.1, 0.15) is 25.2 Å². The molecular formula is C21H20N6O3. The summed E-state index contributed by atoms with van der Waals surface area (Å²) >= 11 is 0. The lowest BCUT2D eigenvalue weighted by atomic mass is 9.85. The summed E-state index contributed by atoms with van der Waals surface area (Å²) in [5.74, 6) is 0.590. The van der Waals surface area contributed by atoms with Crippen molar-refractivity contribution in [2.24, 2.45) is 0 Å². The van der Waals surface area contributed by atoms with Gasteiger partial charge in [-0.1, -0.05) is 12.1 Å². The molecular weight excluding hydrogens is 384 g/mol. The fraction of sp³-hybridized carbons (Fsp3) is 0.238. The molecule has 4 rings (SSSR count). The zero-order valence-corrected chi connectivity index (χ0v) is 17.0. The number of nitrogens with zero attached hydrogens (tertiary/aromatic N) is 5. The van der Waals surface area contributed by atoms with Crippen LogP contribution in [0, 0.1) is 6.92 Å². The minimum absolute atomic E-state index is 0.0987. The van der Waals surface area contributed by atoms with E-state index in [4.69, 9.17) is 4.74 Å². The third-order valence-corrected chi connectivity index (χ3v) is 5.02. The van der Waals surface area contributed by atoms with Crippen molar-refractivity contribution in [3.05, 3.63) is 54.4 Å². The molecule has 0 radical (unpaired) electrons. The molecule has 0 bridgehead atoms. The molecule has 152 valence electrons. The number of amides is 2. The summed E-state index contributed by atoms with van der Waals surface area (Å²) in [5, 5.41) is 2.32. The van der Waals surface area contributed by atoms with Gasteiger partial charge in [0.2, 0.25) is 5.91 Å². The topological polar surface area (TPSA) is 110 Å². The normalized spacial score (nSPS) is 14.4. The van der Waals surface area contributed by atoms with Gasteiger partial charge in [-0.2, -0.15) is 0 Å². The number of aryl methyl sites for hydroxylation is 1. The van der Waals surface area contributed by atoms with Crippen LogP contribution in [-0.2, 0) is 10.2 Å². The average Bonchev–Trinajstić information content (AvgIpc) is 2.94. The second kappa shape index (κ2) is 7.18. The molecule has 3 aromatic rings. The highest BCUT2D eigenvalue weighted by atomic mass is 16.6. The standard InChI is InChI=1S/C21H20N6O3/c1-12-23-8-14(9-24-12)13-5-6-16-17(7-13)27(18(28)21(16,2)3)15-10-25-19(26-11-15)30-20(29)22-4/h5-11H,1-4H3,(H,22,29). The van der Waals surface area contributed by atoms with E-state index in [1.807, 2.05) is 39.0 Å². The number of carbonyl (C=O) groups is 2. The van der Waals surface area contributed by atoms with E-state index in [2.05, 4.69) is 25.3 Å². The van der Waals surface area contributed by atoms with Gasteiger partial charge in [-0.25, -0.2) is 24.7 Å². The van der Waals surface area contributed by atoms with Gasteiger partial charge >= 0.3 is 12.1 Å². The highest BCUT2D eigenvalue weighted by Gasteiger charge is 2.44. The van der Waals surface area contributed by atoms with E-state index in [-0.39, 0.29) is 11.9 Å². The van der Waals surface area contributed by atoms with Gasteiger partial charge in [-0.15, -0.1) is 0 Å². The Morgan fingerprint density at radius 2 is 1.70 bits per heavy atom. The highest BCUT2D eigenvalue weighted by molar-refractivity contribution is 6.12. The summed E-state index contributed by atoms with van der Waals surface area (Å²) in [4.78, 5) is 42.7. The molecule has 0 atom stereocenters. The van der Waals surface area contributed by atoms with Crippen molar-refractivity contribution < 1.29 is 14.3 Å². The molecule has 0 unspecified atom stereocenters. The van der Waals surface area contributed by atoms with Crippen molar-refractivity contribution in [2.45, 2.75) is 26.2 Å². The summed E-state index contributed by atoms with van der Waals surface area (Å²) < 4.78 is 4.92. The first-order chi connectivity index (χ1) is 14.3. The van der Waals surface area contributed by atoms with Crippen LogP contribution >= 0.6 is 0 Å². The van der Waals surface area contributed by atoms with Crippen molar-refractivity contribution in [1.82, 2.24) is 25.3 Å². The number of ether oxygens (including phenoxy) is 1. The van der Waals surface area contributed by atoms with Crippen molar-refractivity contribution in [3.63, 3.8) is 0 Å². The Kier molecular flexibility index (Phi) is 4.65. The molecule has 9 heteroatoms. The number of nitrogens with one attached hydrogen (secondary N) is 1. The van der Waals surface area contributed by atoms with Crippen LogP contribution in [0.25, 0.3) is 11.1 Å². The number of benzene rings is 1. The summed E-state index contributed by atoms with van der Waals surface area (Å²) in [5.41, 5.74) is 3.15. The van der Waals surface area contributed by atoms with E-state index < -0.39 is 11.5 Å². The minimum Gasteiger partial charge on any atom is -0.374 e. The quantitative estimate of drug-likeness (QED) is 0.714. The van der Waals surface area contributed by atoms with E-state index in [0.717, 1.165) is 22.4 Å². The number of carbonyl (C=O) groups excluding carboxylic acids is 2. The predicted octanol–water partition coefficient (Wildman–Crippen LogP) is 2.92. The third-order valence-electron chi connectivity index (χ3n) is 5.02. The van der Waals surface area contributed by atoms with Crippen LogP contribution in [-0.4, -0.2) is 39.0 Å². The molecule has 0 saturated carbocycles. The smallest absolute Gasteiger partial charge is 0.374 e. The van der Waals surface area contributed by atoms with Crippen LogP contribution in [0.5, 0.6) is 6.01 Å². The van der Waals surface area contributed by atoms with Gasteiger partial charge in [0.05, 0.1) is 29.2 Å². The third kappa shape index (κ3) is 3.24. The van der Waals surface area contributed by atoms with E-state index in [0.29, 0.717) is 11.5 Å². The Morgan fingerprint density at radius 3 is 2.33 bits per heavy atom. The summed E-state index contributed by atoms with van der Waals surface area (Å²) in [6, 6.07) is 5.74. The number of fused-ring (bicyclic) bond motifs is 1. The first-order valence-electron chi connectivity index (χ1n) is 9.31. The first kappa shape index (κ1) is 19.4. The SMILES string of the molecule is CNC(=O)Oc1ncc(N2C(=O)C(C)(C)c3ccc(-c4cnc(C)nc4)cc32)cn1. The zero-order chi connectivity index (χ0) is 21.5. The van der Waals surface area contributed by atoms with Gasteiger partial charge in [0.1, 0.15) is 5.82 Å². The lowest BCUT2D eigenvalue weighted by molar-refractivity contribution is -0.121. The van der Waals surface area contributed by atoms with Gasteiger partial charge in [-0.05, 0) is 38.0 Å². The van der Waals surface area contributed by atoms with Gasteiger partial charge in [0, 0.05) is 25.0 Å². The number of hydrogen-bond acceptors (Lipinski definition) is 7. The molecule has 1 aromatic carbocycles. The molecule has 0 aliphatic carbocycles. The van der Waals surface area contributed by atoms with E-state index in [1.54, 1.807) is 17.3 Å². The van der Waals surface area contributed by atoms with Gasteiger partial charge < -0.3 is 10.1 Å². The van der Waals surface area contributed by atoms with E-state index in [9.17, 15) is 9.59 Å². The molecule has 0 saturated heterocycles. The highest BCUT2D eigenvalue weighted by Crippen LogP contribution is 2.46. The fourth-order valence-electron chi connectivity index (χ4n) is 3.34. The van der Waals surface area contributed by atoms with Crippen molar-refractivity contribution in [3.8, 4) is 17.1 Å². The maximum Gasteiger partial charge on any atom is 0.414 e. The van der Waals surface area contributed by atoms with Gasteiger partial charge in [0.15, 0.2) is 0 Å². The molecule has 30 heavy (non-hydrogen) atoms. The summed E-state index contributed by atoms with van der Waals surface area (Å²) in [7, 11) is 1.44. The molecule has 0 spiro atoms. The molecule has 9 nitrogen and oxygen atoms in total. The first-order valence-corrected chi connectivity index (χ1v) is 9.31. The minimum atomic E-state index is -0.713. The van der Waals surface area contributed by atoms with E-state index >= 15 is 0 Å². The van der Waals surface area contributed by atoms with Crippen molar-refractivity contribution in [1.29, 1.82) is 0 Å². The Morgan fingerprint density at radius 1 is 1.03 bits per heavy atom. The fourth-order valence-corrected chi connectivity index (χ4v) is 3.34. The lowest BCUT2D eigenvalue weighted by Crippen LogP contribution is -2.33.